The Labute approximate surface area is 178 Å². The molecule has 2 heterocycles. The topological polar surface area (TPSA) is 36.4 Å². The normalized spacial score (nSPS) is 15.0. The number of thiazole rings is 1. The molecule has 0 unspecified atom stereocenters. The Balaban J connectivity index is 1.35. The quantitative estimate of drug-likeness (QED) is 0.577. The smallest absolute Gasteiger partial charge is 0.255 e. The molecule has 4 rings (SSSR count). The number of benzene rings is 2. The Morgan fingerprint density at radius 1 is 1.00 bits per heavy atom. The maximum atomic E-state index is 12.8. The molecule has 0 saturated carbocycles. The highest BCUT2D eigenvalue weighted by atomic mass is 35.5. The first-order valence-electron chi connectivity index (χ1n) is 9.07. The molecule has 1 fully saturated rings. The molecule has 0 bridgehead atoms. The molecule has 1 aromatic heterocycles. The third-order valence-corrected chi connectivity index (χ3v) is 6.56. The fourth-order valence-corrected chi connectivity index (χ4v) is 4.47. The van der Waals surface area contributed by atoms with Crippen molar-refractivity contribution in [2.45, 2.75) is 6.54 Å². The second-order valence-corrected chi connectivity index (χ2v) is 8.32. The average Bonchev–Trinajstić information content (AvgIpc) is 3.19. The molecule has 0 aliphatic carbocycles. The molecule has 3 aromatic rings. The maximum absolute atomic E-state index is 12.8. The Bertz CT molecular complexity index is 969. The monoisotopic (exact) mass is 431 g/mol. The van der Waals surface area contributed by atoms with Gasteiger partial charge < -0.3 is 4.90 Å². The highest BCUT2D eigenvalue weighted by Gasteiger charge is 2.24. The first-order chi connectivity index (χ1) is 13.6. The minimum atomic E-state index is -0.0628. The van der Waals surface area contributed by atoms with Crippen LogP contribution >= 0.6 is 34.5 Å². The number of rotatable bonds is 4. The van der Waals surface area contributed by atoms with Crippen LogP contribution in [0.25, 0.3) is 10.6 Å². The summed E-state index contributed by atoms with van der Waals surface area (Å²) < 4.78 is 0. The van der Waals surface area contributed by atoms with Gasteiger partial charge in [-0.2, -0.15) is 0 Å². The van der Waals surface area contributed by atoms with Crippen LogP contribution in [0.4, 0.5) is 0 Å². The van der Waals surface area contributed by atoms with Crippen LogP contribution in [0.15, 0.2) is 53.9 Å². The fraction of sp³-hybridized carbons (Fsp3) is 0.238. The lowest BCUT2D eigenvalue weighted by Gasteiger charge is -2.34. The molecule has 144 valence electrons. The molecule has 1 aliphatic rings. The Kier molecular flexibility index (Phi) is 5.97. The summed E-state index contributed by atoms with van der Waals surface area (Å²) in [5.74, 6) is -0.0628. The van der Waals surface area contributed by atoms with E-state index >= 15 is 0 Å². The number of piperazine rings is 1. The minimum absolute atomic E-state index is 0.0628. The van der Waals surface area contributed by atoms with E-state index in [0.717, 1.165) is 35.9 Å². The summed E-state index contributed by atoms with van der Waals surface area (Å²) in [5.41, 5.74) is 2.68. The number of nitrogens with zero attached hydrogens (tertiary/aromatic N) is 3. The van der Waals surface area contributed by atoms with Gasteiger partial charge in [0.25, 0.3) is 5.91 Å². The number of aromatic nitrogens is 1. The number of amides is 1. The van der Waals surface area contributed by atoms with Crippen LogP contribution < -0.4 is 0 Å². The first kappa shape index (κ1) is 19.4. The predicted molar refractivity (Wildman–Crippen MR) is 115 cm³/mol. The van der Waals surface area contributed by atoms with E-state index in [2.05, 4.69) is 22.4 Å². The van der Waals surface area contributed by atoms with Crippen molar-refractivity contribution in [2.75, 3.05) is 26.2 Å². The molecule has 0 radical (unpaired) electrons. The van der Waals surface area contributed by atoms with E-state index in [-0.39, 0.29) is 5.91 Å². The third kappa shape index (κ3) is 4.23. The van der Waals surface area contributed by atoms with Crippen molar-refractivity contribution in [3.63, 3.8) is 0 Å². The van der Waals surface area contributed by atoms with Gasteiger partial charge in [-0.05, 0) is 12.1 Å². The average molecular weight is 432 g/mol. The van der Waals surface area contributed by atoms with E-state index < -0.39 is 0 Å². The van der Waals surface area contributed by atoms with Gasteiger partial charge in [-0.3, -0.25) is 9.69 Å². The lowest BCUT2D eigenvalue weighted by atomic mass is 10.1. The molecule has 0 spiro atoms. The highest BCUT2D eigenvalue weighted by molar-refractivity contribution is 7.13. The Morgan fingerprint density at radius 2 is 1.75 bits per heavy atom. The van der Waals surface area contributed by atoms with Crippen molar-refractivity contribution in [2.24, 2.45) is 0 Å². The molecule has 0 N–H and O–H groups in total. The molecule has 0 atom stereocenters. The summed E-state index contributed by atoms with van der Waals surface area (Å²) in [5, 5.41) is 3.89. The van der Waals surface area contributed by atoms with Gasteiger partial charge in [-0.1, -0.05) is 59.6 Å². The van der Waals surface area contributed by atoms with Gasteiger partial charge in [0.1, 0.15) is 5.01 Å². The predicted octanol–water partition coefficient (Wildman–Crippen LogP) is 5.07. The van der Waals surface area contributed by atoms with Gasteiger partial charge in [0.15, 0.2) is 0 Å². The van der Waals surface area contributed by atoms with Gasteiger partial charge >= 0.3 is 0 Å². The maximum Gasteiger partial charge on any atom is 0.255 e. The zero-order valence-electron chi connectivity index (χ0n) is 15.1. The van der Waals surface area contributed by atoms with Gasteiger partial charge in [0.2, 0.25) is 0 Å². The summed E-state index contributed by atoms with van der Waals surface area (Å²) in [7, 11) is 0. The molecule has 28 heavy (non-hydrogen) atoms. The lowest BCUT2D eigenvalue weighted by molar-refractivity contribution is 0.0627. The molecule has 1 aliphatic heterocycles. The van der Waals surface area contributed by atoms with Crippen LogP contribution in [-0.2, 0) is 6.54 Å². The van der Waals surface area contributed by atoms with E-state index in [9.17, 15) is 4.79 Å². The highest BCUT2D eigenvalue weighted by Crippen LogP contribution is 2.27. The Hall–Kier alpha value is -1.92. The second-order valence-electron chi connectivity index (χ2n) is 6.68. The zero-order valence-corrected chi connectivity index (χ0v) is 17.5. The van der Waals surface area contributed by atoms with E-state index in [1.54, 1.807) is 29.5 Å². The van der Waals surface area contributed by atoms with Crippen molar-refractivity contribution in [3.05, 3.63) is 75.2 Å². The molecule has 7 heteroatoms. The van der Waals surface area contributed by atoms with E-state index in [1.807, 2.05) is 23.1 Å². The standard InChI is InChI=1S/C21H19Cl2N3OS/c22-18-8-4-7-17(19(18)23)21(27)26-11-9-25(10-12-26)13-16-14-28-20(24-16)15-5-2-1-3-6-15/h1-8,14H,9-13H2. The summed E-state index contributed by atoms with van der Waals surface area (Å²) in [6.45, 7) is 3.74. The van der Waals surface area contributed by atoms with Gasteiger partial charge in [-0.15, -0.1) is 11.3 Å². The molecular formula is C21H19Cl2N3OS. The number of halogens is 2. The van der Waals surface area contributed by atoms with Gasteiger partial charge in [0.05, 0.1) is 21.3 Å². The van der Waals surface area contributed by atoms with Crippen LogP contribution in [0.3, 0.4) is 0 Å². The third-order valence-electron chi connectivity index (χ3n) is 4.80. The zero-order chi connectivity index (χ0) is 19.5. The van der Waals surface area contributed by atoms with Crippen molar-refractivity contribution >= 4 is 40.4 Å². The van der Waals surface area contributed by atoms with Crippen LogP contribution in [0.5, 0.6) is 0 Å². The second kappa shape index (κ2) is 8.62. The van der Waals surface area contributed by atoms with Crippen molar-refractivity contribution in [1.82, 2.24) is 14.8 Å². The summed E-state index contributed by atoms with van der Waals surface area (Å²) >= 11 is 13.9. The van der Waals surface area contributed by atoms with Crippen molar-refractivity contribution < 1.29 is 4.79 Å². The van der Waals surface area contributed by atoms with Crippen molar-refractivity contribution in [3.8, 4) is 10.6 Å². The van der Waals surface area contributed by atoms with E-state index in [4.69, 9.17) is 28.2 Å². The molecule has 2 aromatic carbocycles. The molecular weight excluding hydrogens is 413 g/mol. The SMILES string of the molecule is O=C(c1cccc(Cl)c1Cl)N1CCN(Cc2csc(-c3ccccc3)n2)CC1. The fourth-order valence-electron chi connectivity index (χ4n) is 3.27. The number of hydrogen-bond donors (Lipinski definition) is 0. The van der Waals surface area contributed by atoms with Crippen LogP contribution in [-0.4, -0.2) is 46.9 Å². The summed E-state index contributed by atoms with van der Waals surface area (Å²) in [6, 6.07) is 15.4. The largest absolute Gasteiger partial charge is 0.336 e. The van der Waals surface area contributed by atoms with Crippen LogP contribution in [0.1, 0.15) is 16.1 Å². The molecule has 4 nitrogen and oxygen atoms in total. The van der Waals surface area contributed by atoms with E-state index in [1.165, 1.54) is 0 Å². The lowest BCUT2D eigenvalue weighted by Crippen LogP contribution is -2.48. The summed E-state index contributed by atoms with van der Waals surface area (Å²) in [6.07, 6.45) is 0. The number of hydrogen-bond acceptors (Lipinski definition) is 4. The van der Waals surface area contributed by atoms with Gasteiger partial charge in [-0.25, -0.2) is 4.98 Å². The number of carbonyl (C=O) groups excluding carboxylic acids is 1. The number of carbonyl (C=O) groups is 1. The van der Waals surface area contributed by atoms with Gasteiger partial charge in [0, 0.05) is 43.7 Å². The molecule has 1 saturated heterocycles. The summed E-state index contributed by atoms with van der Waals surface area (Å²) in [4.78, 5) is 21.7. The Morgan fingerprint density at radius 3 is 2.50 bits per heavy atom. The van der Waals surface area contributed by atoms with E-state index in [0.29, 0.717) is 28.7 Å². The molecule has 1 amide bonds. The minimum Gasteiger partial charge on any atom is -0.336 e. The van der Waals surface area contributed by atoms with Crippen molar-refractivity contribution in [1.29, 1.82) is 0 Å². The van der Waals surface area contributed by atoms with Crippen LogP contribution in [0.2, 0.25) is 10.0 Å². The first-order valence-corrected chi connectivity index (χ1v) is 10.7. The van der Waals surface area contributed by atoms with Crippen LogP contribution in [0, 0.1) is 0 Å².